The predicted octanol–water partition coefficient (Wildman–Crippen LogP) is 6.04. The average Bonchev–Trinajstić information content (AvgIpc) is 3.45. The van der Waals surface area contributed by atoms with E-state index in [0.717, 1.165) is 22.2 Å². The number of amidine groups is 1. The maximum atomic E-state index is 12.7. The van der Waals surface area contributed by atoms with Crippen molar-refractivity contribution < 1.29 is 27.4 Å². The summed E-state index contributed by atoms with van der Waals surface area (Å²) in [6.07, 6.45) is -1.60. The Balaban J connectivity index is 1.30. The van der Waals surface area contributed by atoms with Crippen LogP contribution in [0, 0.1) is 0 Å². The summed E-state index contributed by atoms with van der Waals surface area (Å²) in [4.78, 5) is 18.7. The summed E-state index contributed by atoms with van der Waals surface area (Å²) in [5.41, 5.74) is 3.78. The van der Waals surface area contributed by atoms with Crippen LogP contribution in [-0.4, -0.2) is 44.2 Å². The van der Waals surface area contributed by atoms with Crippen molar-refractivity contribution in [2.75, 3.05) is 10.7 Å². The Hall–Kier alpha value is -4.39. The minimum atomic E-state index is -4.76. The third-order valence-electron chi connectivity index (χ3n) is 6.16. The number of amides is 1. The van der Waals surface area contributed by atoms with Gasteiger partial charge in [0.1, 0.15) is 23.8 Å². The van der Waals surface area contributed by atoms with E-state index in [1.165, 1.54) is 42.2 Å². The number of para-hydroxylation sites is 1. The van der Waals surface area contributed by atoms with Crippen LogP contribution in [0.2, 0.25) is 0 Å². The van der Waals surface area contributed by atoms with Crippen LogP contribution in [0.15, 0.2) is 71.0 Å². The second-order valence-electron chi connectivity index (χ2n) is 9.36. The summed E-state index contributed by atoms with van der Waals surface area (Å²) < 4.78 is 48.3. The molecule has 0 atom stereocenters. The standard InChI is InChI=1S/C28H25F3N6O3S/c1-17(2)21-6-4-5-7-24(21)37-26(38)16-41-27(37)34-33-13-18-12-25-22(14-32-18)23(35-36(25)3)15-39-19-8-10-20(11-9-19)40-28(29,30)31/h4-14,17H,15-16H2,1-3H3/b33-13+,34-27-. The molecule has 0 spiro atoms. The number of anilines is 1. The van der Waals surface area contributed by atoms with Crippen LogP contribution in [0.25, 0.3) is 10.9 Å². The first-order valence-corrected chi connectivity index (χ1v) is 13.5. The Morgan fingerprint density at radius 3 is 2.59 bits per heavy atom. The van der Waals surface area contributed by atoms with Gasteiger partial charge in [-0.25, -0.2) is 0 Å². The lowest BCUT2D eigenvalue weighted by Crippen LogP contribution is -2.30. The largest absolute Gasteiger partial charge is 0.573 e. The molecule has 1 fully saturated rings. The van der Waals surface area contributed by atoms with Crippen molar-refractivity contribution in [3.8, 4) is 11.5 Å². The SMILES string of the molecule is CC(C)c1ccccc1N1C(=O)CS/C1=N\N=C\c1cc2c(cn1)c(COc1ccc(OC(F)(F)F)cc1)nn2C. The van der Waals surface area contributed by atoms with E-state index in [-0.39, 0.29) is 29.9 Å². The van der Waals surface area contributed by atoms with Crippen molar-refractivity contribution in [1.82, 2.24) is 14.8 Å². The van der Waals surface area contributed by atoms with E-state index < -0.39 is 6.36 Å². The van der Waals surface area contributed by atoms with Gasteiger partial charge in [0.2, 0.25) is 5.91 Å². The molecule has 0 bridgehead atoms. The van der Waals surface area contributed by atoms with Crippen molar-refractivity contribution in [1.29, 1.82) is 0 Å². The number of hydrogen-bond donors (Lipinski definition) is 0. The highest BCUT2D eigenvalue weighted by atomic mass is 32.2. The summed E-state index contributed by atoms with van der Waals surface area (Å²) in [7, 11) is 1.78. The van der Waals surface area contributed by atoms with Gasteiger partial charge in [-0.15, -0.1) is 18.3 Å². The molecule has 0 aliphatic carbocycles. The van der Waals surface area contributed by atoms with Gasteiger partial charge >= 0.3 is 6.36 Å². The fraction of sp³-hybridized carbons (Fsp3) is 0.250. The van der Waals surface area contributed by atoms with Crippen LogP contribution >= 0.6 is 11.8 Å². The lowest BCUT2D eigenvalue weighted by atomic mass is 10.0. The number of hydrogen-bond acceptors (Lipinski definition) is 8. The van der Waals surface area contributed by atoms with E-state index in [1.807, 2.05) is 24.3 Å². The van der Waals surface area contributed by atoms with Gasteiger partial charge in [0.15, 0.2) is 5.17 Å². The molecule has 1 amide bonds. The maximum Gasteiger partial charge on any atom is 0.573 e. The Bertz CT molecular complexity index is 1630. The number of alkyl halides is 3. The quantitative estimate of drug-likeness (QED) is 0.186. The van der Waals surface area contributed by atoms with Crippen LogP contribution < -0.4 is 14.4 Å². The summed E-state index contributed by atoms with van der Waals surface area (Å²) in [5, 5.41) is 14.3. The number of aryl methyl sites for hydroxylation is 1. The molecule has 4 aromatic rings. The van der Waals surface area contributed by atoms with Gasteiger partial charge in [-0.3, -0.25) is 19.4 Å². The third kappa shape index (κ3) is 6.51. The molecule has 2 aromatic carbocycles. The zero-order chi connectivity index (χ0) is 29.1. The molecule has 1 aliphatic heterocycles. The maximum absolute atomic E-state index is 12.7. The molecular weight excluding hydrogens is 557 g/mol. The van der Waals surface area contributed by atoms with Gasteiger partial charge in [-0.05, 0) is 47.9 Å². The van der Waals surface area contributed by atoms with Gasteiger partial charge in [0.25, 0.3) is 0 Å². The summed E-state index contributed by atoms with van der Waals surface area (Å²) in [6, 6.07) is 14.7. The first-order chi connectivity index (χ1) is 19.6. The van der Waals surface area contributed by atoms with Gasteiger partial charge in [-0.1, -0.05) is 43.8 Å². The van der Waals surface area contributed by atoms with E-state index >= 15 is 0 Å². The molecule has 0 saturated carbocycles. The van der Waals surface area contributed by atoms with E-state index in [2.05, 4.69) is 38.9 Å². The number of pyridine rings is 1. The first-order valence-electron chi connectivity index (χ1n) is 12.5. The number of benzene rings is 2. The monoisotopic (exact) mass is 582 g/mol. The van der Waals surface area contributed by atoms with Gasteiger partial charge in [-0.2, -0.15) is 10.2 Å². The molecule has 212 valence electrons. The number of carbonyl (C=O) groups excluding carboxylic acids is 1. The Morgan fingerprint density at radius 2 is 1.85 bits per heavy atom. The van der Waals surface area contributed by atoms with Crippen LogP contribution in [0.3, 0.4) is 0 Å². The molecule has 1 saturated heterocycles. The number of rotatable bonds is 8. The summed E-state index contributed by atoms with van der Waals surface area (Å²) in [5.74, 6) is 0.506. The molecule has 0 unspecified atom stereocenters. The third-order valence-corrected chi connectivity index (χ3v) is 7.08. The second-order valence-corrected chi connectivity index (χ2v) is 10.3. The lowest BCUT2D eigenvalue weighted by Gasteiger charge is -2.20. The molecule has 1 aliphatic rings. The minimum absolute atomic E-state index is 0.0492. The highest BCUT2D eigenvalue weighted by Gasteiger charge is 2.32. The summed E-state index contributed by atoms with van der Waals surface area (Å²) in [6.45, 7) is 4.24. The molecular formula is C28H25F3N6O3S. The van der Waals surface area contributed by atoms with Crippen LogP contribution in [0.1, 0.15) is 36.7 Å². The van der Waals surface area contributed by atoms with E-state index in [9.17, 15) is 18.0 Å². The average molecular weight is 583 g/mol. The molecule has 5 rings (SSSR count). The topological polar surface area (TPSA) is 94.2 Å². The Labute approximate surface area is 237 Å². The molecule has 2 aromatic heterocycles. The number of halogens is 3. The normalized spacial score (nSPS) is 15.1. The van der Waals surface area contributed by atoms with Crippen LogP contribution in [0.4, 0.5) is 18.9 Å². The van der Waals surface area contributed by atoms with E-state index in [1.54, 1.807) is 28.9 Å². The number of fused-ring (bicyclic) bond motifs is 1. The van der Waals surface area contributed by atoms with Crippen molar-refractivity contribution in [3.05, 3.63) is 77.7 Å². The van der Waals surface area contributed by atoms with Crippen molar-refractivity contribution in [2.24, 2.45) is 17.3 Å². The van der Waals surface area contributed by atoms with Crippen LogP contribution in [0.5, 0.6) is 11.5 Å². The highest BCUT2D eigenvalue weighted by molar-refractivity contribution is 8.15. The highest BCUT2D eigenvalue weighted by Crippen LogP contribution is 2.33. The number of carbonyl (C=O) groups is 1. The number of thioether (sulfide) groups is 1. The predicted molar refractivity (Wildman–Crippen MR) is 151 cm³/mol. The zero-order valence-corrected chi connectivity index (χ0v) is 23.1. The van der Waals surface area contributed by atoms with E-state index in [4.69, 9.17) is 4.74 Å². The molecule has 41 heavy (non-hydrogen) atoms. The molecule has 0 radical (unpaired) electrons. The van der Waals surface area contributed by atoms with Crippen molar-refractivity contribution in [3.63, 3.8) is 0 Å². The fourth-order valence-electron chi connectivity index (χ4n) is 4.30. The molecule has 3 heterocycles. The van der Waals surface area contributed by atoms with Gasteiger partial charge in [0.05, 0.1) is 28.9 Å². The van der Waals surface area contributed by atoms with E-state index in [0.29, 0.717) is 22.3 Å². The van der Waals surface area contributed by atoms with Crippen molar-refractivity contribution >= 4 is 45.6 Å². The molecule has 13 heteroatoms. The first kappa shape index (κ1) is 28.1. The summed E-state index contributed by atoms with van der Waals surface area (Å²) >= 11 is 1.33. The van der Waals surface area contributed by atoms with Gasteiger partial charge in [0, 0.05) is 18.6 Å². The Kier molecular flexibility index (Phi) is 7.97. The second kappa shape index (κ2) is 11.6. The number of ether oxygens (including phenoxy) is 2. The molecule has 9 nitrogen and oxygen atoms in total. The number of nitrogens with zero attached hydrogens (tertiary/aromatic N) is 6. The van der Waals surface area contributed by atoms with Gasteiger partial charge < -0.3 is 9.47 Å². The fourth-order valence-corrected chi connectivity index (χ4v) is 5.11. The van der Waals surface area contributed by atoms with Crippen LogP contribution in [-0.2, 0) is 18.4 Å². The minimum Gasteiger partial charge on any atom is -0.487 e. The molecule has 0 N–H and O–H groups in total. The lowest BCUT2D eigenvalue weighted by molar-refractivity contribution is -0.274. The Morgan fingerprint density at radius 1 is 1.12 bits per heavy atom. The number of aromatic nitrogens is 3. The zero-order valence-electron chi connectivity index (χ0n) is 22.3. The smallest absolute Gasteiger partial charge is 0.487 e. The van der Waals surface area contributed by atoms with Crippen molar-refractivity contribution in [2.45, 2.75) is 32.7 Å².